The fourth-order valence-electron chi connectivity index (χ4n) is 3.11. The molecule has 2 aromatic carbocycles. The lowest BCUT2D eigenvalue weighted by Gasteiger charge is -2.21. The zero-order chi connectivity index (χ0) is 17.9. The van der Waals surface area contributed by atoms with Gasteiger partial charge in [0.2, 0.25) is 0 Å². The summed E-state index contributed by atoms with van der Waals surface area (Å²) in [5, 5.41) is 9.64. The highest BCUT2D eigenvalue weighted by Crippen LogP contribution is 2.28. The van der Waals surface area contributed by atoms with Crippen molar-refractivity contribution in [3.8, 4) is 5.75 Å². The first kappa shape index (κ1) is 18.1. The van der Waals surface area contributed by atoms with Crippen LogP contribution < -0.4 is 4.74 Å². The molecule has 3 nitrogen and oxygen atoms in total. The van der Waals surface area contributed by atoms with Gasteiger partial charge in [-0.1, -0.05) is 49.7 Å². The van der Waals surface area contributed by atoms with Crippen LogP contribution in [0.5, 0.6) is 5.75 Å². The molecule has 0 aliphatic rings. The van der Waals surface area contributed by atoms with Crippen molar-refractivity contribution in [2.24, 2.45) is 0 Å². The summed E-state index contributed by atoms with van der Waals surface area (Å²) in [6.45, 7) is 10.2. The van der Waals surface area contributed by atoms with Gasteiger partial charge in [-0.05, 0) is 55.0 Å². The zero-order valence-corrected chi connectivity index (χ0v) is 15.1. The number of ether oxygens (including phenoxy) is 1. The van der Waals surface area contributed by atoms with E-state index in [0.29, 0.717) is 12.2 Å². The Morgan fingerprint density at radius 1 is 1.08 bits per heavy atom. The van der Waals surface area contributed by atoms with Crippen molar-refractivity contribution in [3.05, 3.63) is 64.2 Å². The van der Waals surface area contributed by atoms with E-state index in [-0.39, 0.29) is 5.92 Å². The van der Waals surface area contributed by atoms with Crippen LogP contribution in [0.4, 0.5) is 0 Å². The lowest BCUT2D eigenvalue weighted by atomic mass is 9.95. The van der Waals surface area contributed by atoms with Gasteiger partial charge < -0.3 is 9.84 Å². The Labute approximate surface area is 144 Å². The first-order valence-electron chi connectivity index (χ1n) is 8.34. The van der Waals surface area contributed by atoms with E-state index in [0.717, 1.165) is 22.3 Å². The second kappa shape index (κ2) is 7.52. The number of benzene rings is 2. The van der Waals surface area contributed by atoms with Crippen LogP contribution in [-0.2, 0) is 11.2 Å². The first-order chi connectivity index (χ1) is 11.3. The molecule has 0 unspecified atom stereocenters. The monoisotopic (exact) mass is 326 g/mol. The molecule has 0 amide bonds. The molecule has 0 saturated carbocycles. The average Bonchev–Trinajstić information content (AvgIpc) is 2.49. The Hall–Kier alpha value is -2.29. The third-order valence-electron chi connectivity index (χ3n) is 4.32. The molecule has 0 aliphatic heterocycles. The molecule has 24 heavy (non-hydrogen) atoms. The van der Waals surface area contributed by atoms with Crippen LogP contribution in [0, 0.1) is 20.8 Å². The molecule has 0 aromatic heterocycles. The fourth-order valence-corrected chi connectivity index (χ4v) is 3.11. The van der Waals surface area contributed by atoms with E-state index in [1.807, 2.05) is 45.0 Å². The van der Waals surface area contributed by atoms with Gasteiger partial charge in [-0.15, -0.1) is 0 Å². The number of aryl methyl sites for hydroxylation is 3. The van der Waals surface area contributed by atoms with Gasteiger partial charge in [-0.25, -0.2) is 4.79 Å². The highest BCUT2D eigenvalue weighted by atomic mass is 16.5. The third-order valence-corrected chi connectivity index (χ3v) is 4.32. The largest absolute Gasteiger partial charge is 0.478 e. The Morgan fingerprint density at radius 3 is 2.21 bits per heavy atom. The number of carboxylic acid groups (broad SMARTS) is 1. The van der Waals surface area contributed by atoms with Crippen molar-refractivity contribution in [1.29, 1.82) is 0 Å². The molecule has 0 spiro atoms. The van der Waals surface area contributed by atoms with E-state index in [1.165, 1.54) is 5.56 Å². The SMILES string of the molecule is Cc1cc(C)c(C[C@@H](Oc2ccccc2C(C)C)C(=O)O)c(C)c1. The molecule has 0 aliphatic carbocycles. The molecule has 3 heteroatoms. The molecule has 1 N–H and O–H groups in total. The number of carboxylic acids is 1. The van der Waals surface area contributed by atoms with Crippen LogP contribution in [0.2, 0.25) is 0 Å². The lowest BCUT2D eigenvalue weighted by Crippen LogP contribution is -2.30. The van der Waals surface area contributed by atoms with Crippen molar-refractivity contribution < 1.29 is 14.6 Å². The van der Waals surface area contributed by atoms with Gasteiger partial charge in [0.25, 0.3) is 0 Å². The van der Waals surface area contributed by atoms with Crippen LogP contribution in [0.1, 0.15) is 47.6 Å². The minimum absolute atomic E-state index is 0.276. The van der Waals surface area contributed by atoms with Gasteiger partial charge in [-0.3, -0.25) is 0 Å². The van der Waals surface area contributed by atoms with E-state index in [4.69, 9.17) is 4.74 Å². The van der Waals surface area contributed by atoms with Crippen molar-refractivity contribution >= 4 is 5.97 Å². The van der Waals surface area contributed by atoms with E-state index >= 15 is 0 Å². The predicted molar refractivity (Wildman–Crippen MR) is 96.9 cm³/mol. The highest BCUT2D eigenvalue weighted by Gasteiger charge is 2.23. The fraction of sp³-hybridized carbons (Fsp3) is 0.381. The van der Waals surface area contributed by atoms with Crippen LogP contribution >= 0.6 is 0 Å². The van der Waals surface area contributed by atoms with Crippen LogP contribution in [0.3, 0.4) is 0 Å². The Morgan fingerprint density at radius 2 is 1.67 bits per heavy atom. The maximum Gasteiger partial charge on any atom is 0.345 e. The summed E-state index contributed by atoms with van der Waals surface area (Å²) in [4.78, 5) is 11.8. The van der Waals surface area contributed by atoms with Gasteiger partial charge in [0, 0.05) is 6.42 Å². The number of para-hydroxylation sites is 1. The number of aliphatic carboxylic acids is 1. The van der Waals surface area contributed by atoms with Crippen molar-refractivity contribution in [3.63, 3.8) is 0 Å². The highest BCUT2D eigenvalue weighted by molar-refractivity contribution is 5.73. The molecule has 2 rings (SSSR count). The summed E-state index contributed by atoms with van der Waals surface area (Å²) in [5.41, 5.74) is 5.49. The topological polar surface area (TPSA) is 46.5 Å². The second-order valence-corrected chi connectivity index (χ2v) is 6.72. The summed E-state index contributed by atoms with van der Waals surface area (Å²) in [6.07, 6.45) is -0.537. The molecular formula is C21H26O3. The lowest BCUT2D eigenvalue weighted by molar-refractivity contribution is -0.145. The number of hydrogen-bond donors (Lipinski definition) is 1. The minimum atomic E-state index is -0.937. The third kappa shape index (κ3) is 4.16. The Bertz CT molecular complexity index is 709. The first-order valence-corrected chi connectivity index (χ1v) is 8.34. The molecule has 0 radical (unpaired) electrons. The van der Waals surface area contributed by atoms with Crippen LogP contribution in [0.15, 0.2) is 36.4 Å². The van der Waals surface area contributed by atoms with E-state index in [1.54, 1.807) is 0 Å². The van der Waals surface area contributed by atoms with Crippen LogP contribution in [0.25, 0.3) is 0 Å². The molecule has 2 aromatic rings. The molecule has 0 bridgehead atoms. The molecule has 1 atom stereocenters. The summed E-state index contributed by atoms with van der Waals surface area (Å²) >= 11 is 0. The van der Waals surface area contributed by atoms with E-state index in [2.05, 4.69) is 26.0 Å². The molecule has 128 valence electrons. The Kier molecular flexibility index (Phi) is 5.66. The van der Waals surface area contributed by atoms with Crippen molar-refractivity contribution in [2.45, 2.75) is 53.1 Å². The van der Waals surface area contributed by atoms with Gasteiger partial charge in [-0.2, -0.15) is 0 Å². The molecule has 0 fully saturated rings. The normalized spacial score (nSPS) is 12.2. The maximum atomic E-state index is 11.8. The van der Waals surface area contributed by atoms with E-state index in [9.17, 15) is 9.90 Å². The molecule has 0 saturated heterocycles. The molecule has 0 heterocycles. The summed E-state index contributed by atoms with van der Waals surface area (Å²) in [6, 6.07) is 11.8. The number of rotatable bonds is 6. The van der Waals surface area contributed by atoms with E-state index < -0.39 is 12.1 Å². The average molecular weight is 326 g/mol. The standard InChI is InChI=1S/C21H26O3/c1-13(2)17-8-6-7-9-19(17)24-20(21(22)23)12-18-15(4)10-14(3)11-16(18)5/h6-11,13,20H,12H2,1-5H3,(H,22,23)/t20-/m1/s1. The Balaban J connectivity index is 2.31. The zero-order valence-electron chi connectivity index (χ0n) is 15.1. The summed E-state index contributed by atoms with van der Waals surface area (Å²) in [7, 11) is 0. The second-order valence-electron chi connectivity index (χ2n) is 6.72. The van der Waals surface area contributed by atoms with Gasteiger partial charge in [0.1, 0.15) is 5.75 Å². The van der Waals surface area contributed by atoms with Crippen molar-refractivity contribution in [2.75, 3.05) is 0 Å². The minimum Gasteiger partial charge on any atom is -0.478 e. The number of carbonyl (C=O) groups is 1. The quantitative estimate of drug-likeness (QED) is 0.828. The number of hydrogen-bond acceptors (Lipinski definition) is 2. The summed E-state index contributed by atoms with van der Waals surface area (Å²) < 4.78 is 5.91. The van der Waals surface area contributed by atoms with Crippen molar-refractivity contribution in [1.82, 2.24) is 0 Å². The maximum absolute atomic E-state index is 11.8. The van der Waals surface area contributed by atoms with Gasteiger partial charge >= 0.3 is 5.97 Å². The predicted octanol–water partition coefficient (Wildman–Crippen LogP) is 4.81. The van der Waals surface area contributed by atoms with Crippen LogP contribution in [-0.4, -0.2) is 17.2 Å². The molecular weight excluding hydrogens is 300 g/mol. The van der Waals surface area contributed by atoms with Gasteiger partial charge in [0.15, 0.2) is 6.10 Å². The smallest absolute Gasteiger partial charge is 0.345 e. The van der Waals surface area contributed by atoms with Gasteiger partial charge in [0.05, 0.1) is 0 Å². The summed E-state index contributed by atoms with van der Waals surface area (Å²) in [5.74, 6) is -0.00579.